The molecule has 8 aliphatic carbocycles. The van der Waals surface area contributed by atoms with Crippen LogP contribution in [0.3, 0.4) is 0 Å². The molecule has 8 bridgehead atoms. The Morgan fingerprint density at radius 2 is 1.38 bits per heavy atom. The molecule has 0 aliphatic heterocycles. The molecular formula is C23H32O3. The average molecular weight is 357 g/mol. The number of hydrogen-bond donors (Lipinski definition) is 0. The summed E-state index contributed by atoms with van der Waals surface area (Å²) < 4.78 is 6.53. The van der Waals surface area contributed by atoms with Crippen molar-refractivity contribution in [2.45, 2.75) is 83.2 Å². The fourth-order valence-corrected chi connectivity index (χ4v) is 9.30. The minimum Gasteiger partial charge on any atom is -0.458 e. The Hall–Kier alpha value is -0.860. The molecule has 4 atom stereocenters. The van der Waals surface area contributed by atoms with Crippen LogP contribution in [-0.4, -0.2) is 17.9 Å². The first kappa shape index (κ1) is 16.1. The van der Waals surface area contributed by atoms with Crippen molar-refractivity contribution in [1.29, 1.82) is 0 Å². The van der Waals surface area contributed by atoms with E-state index in [1.165, 1.54) is 44.8 Å². The summed E-state index contributed by atoms with van der Waals surface area (Å²) in [5.41, 5.74) is -0.793. The van der Waals surface area contributed by atoms with E-state index in [1.54, 1.807) is 0 Å². The Balaban J connectivity index is 1.29. The molecule has 0 radical (unpaired) electrons. The zero-order valence-electron chi connectivity index (χ0n) is 16.0. The first-order chi connectivity index (χ1) is 12.4. The van der Waals surface area contributed by atoms with Crippen molar-refractivity contribution in [3.8, 4) is 0 Å². The molecule has 0 aromatic carbocycles. The maximum absolute atomic E-state index is 13.6. The number of carbonyl (C=O) groups is 2. The lowest BCUT2D eigenvalue weighted by molar-refractivity contribution is -0.224. The Kier molecular flexibility index (Phi) is 3.07. The predicted octanol–water partition coefficient (Wildman–Crippen LogP) is 4.53. The number of esters is 1. The van der Waals surface area contributed by atoms with Gasteiger partial charge in [0.25, 0.3) is 0 Å². The molecule has 8 saturated carbocycles. The summed E-state index contributed by atoms with van der Waals surface area (Å²) in [6.45, 7) is 2.26. The fraction of sp³-hybridized carbons (Fsp3) is 0.913. The van der Waals surface area contributed by atoms with Crippen LogP contribution in [0, 0.1) is 46.3 Å². The minimum absolute atomic E-state index is 0.0767. The van der Waals surface area contributed by atoms with E-state index < -0.39 is 0 Å². The summed E-state index contributed by atoms with van der Waals surface area (Å²) in [7, 11) is 0. The van der Waals surface area contributed by atoms with Crippen LogP contribution in [0.1, 0.15) is 77.6 Å². The van der Waals surface area contributed by atoms with E-state index in [2.05, 4.69) is 6.92 Å². The van der Waals surface area contributed by atoms with Crippen LogP contribution in [-0.2, 0) is 14.3 Å². The summed E-state index contributed by atoms with van der Waals surface area (Å²) in [6, 6.07) is 0. The van der Waals surface area contributed by atoms with E-state index in [9.17, 15) is 9.59 Å². The molecule has 0 amide bonds. The van der Waals surface area contributed by atoms with Crippen molar-refractivity contribution in [1.82, 2.24) is 0 Å². The molecule has 3 unspecified atom stereocenters. The molecule has 0 aromatic rings. The van der Waals surface area contributed by atoms with Gasteiger partial charge < -0.3 is 9.53 Å². The normalized spacial score (nSPS) is 58.8. The minimum atomic E-state index is -0.345. The molecule has 8 aliphatic rings. The Morgan fingerprint density at radius 3 is 1.92 bits per heavy atom. The van der Waals surface area contributed by atoms with Crippen LogP contribution in [0.25, 0.3) is 0 Å². The van der Waals surface area contributed by atoms with Crippen molar-refractivity contribution in [3.05, 3.63) is 0 Å². The summed E-state index contributed by atoms with van der Waals surface area (Å²) in [5, 5.41) is 0. The van der Waals surface area contributed by atoms with E-state index >= 15 is 0 Å². The highest BCUT2D eigenvalue weighted by Gasteiger charge is 2.64. The maximum Gasteiger partial charge on any atom is 0.312 e. The molecule has 8 rings (SSSR count). The van der Waals surface area contributed by atoms with Gasteiger partial charge in [0.15, 0.2) is 0 Å². The van der Waals surface area contributed by atoms with Crippen molar-refractivity contribution < 1.29 is 14.3 Å². The summed E-state index contributed by atoms with van der Waals surface area (Å²) in [5.74, 6) is 4.16. The lowest BCUT2D eigenvalue weighted by Gasteiger charge is -2.62. The first-order valence-electron chi connectivity index (χ1n) is 11.1. The number of ether oxygens (including phenoxy) is 1. The smallest absolute Gasteiger partial charge is 0.312 e. The summed E-state index contributed by atoms with van der Waals surface area (Å²) in [4.78, 5) is 25.5. The van der Waals surface area contributed by atoms with Gasteiger partial charge in [0.1, 0.15) is 11.9 Å². The number of aldehydes is 1. The van der Waals surface area contributed by atoms with E-state index in [1.807, 2.05) is 0 Å². The largest absolute Gasteiger partial charge is 0.458 e. The topological polar surface area (TPSA) is 43.4 Å². The van der Waals surface area contributed by atoms with E-state index in [0.29, 0.717) is 23.7 Å². The maximum atomic E-state index is 13.6. The van der Waals surface area contributed by atoms with Gasteiger partial charge in [-0.1, -0.05) is 0 Å². The molecule has 0 saturated heterocycles. The van der Waals surface area contributed by atoms with Gasteiger partial charge in [0.05, 0.1) is 5.41 Å². The zero-order valence-corrected chi connectivity index (χ0v) is 16.0. The highest BCUT2D eigenvalue weighted by molar-refractivity contribution is 5.79. The van der Waals surface area contributed by atoms with Gasteiger partial charge in [-0.2, -0.15) is 0 Å². The van der Waals surface area contributed by atoms with Crippen molar-refractivity contribution in [3.63, 3.8) is 0 Å². The van der Waals surface area contributed by atoms with Crippen molar-refractivity contribution in [2.24, 2.45) is 46.3 Å². The average Bonchev–Trinajstić information content (AvgIpc) is 2.58. The molecule has 3 heteroatoms. The van der Waals surface area contributed by atoms with Gasteiger partial charge in [-0.3, -0.25) is 4.79 Å². The van der Waals surface area contributed by atoms with Crippen LogP contribution in [0.5, 0.6) is 0 Å². The Bertz CT molecular complexity index is 622. The monoisotopic (exact) mass is 356 g/mol. The SMILES string of the molecule is CC1(OC(=O)C23CC4C[C@@H](CC(C=O)(C4)C2)C3)C2CC3CC(C2)CC1C3. The fourth-order valence-electron chi connectivity index (χ4n) is 9.30. The third-order valence-electron chi connectivity index (χ3n) is 9.86. The van der Waals surface area contributed by atoms with Gasteiger partial charge in [-0.15, -0.1) is 0 Å². The van der Waals surface area contributed by atoms with Crippen LogP contribution in [0.2, 0.25) is 0 Å². The molecule has 3 nitrogen and oxygen atoms in total. The standard InChI is InChI=1S/C23H32O3/c1-21(18-4-14-2-15(6-18)7-19(21)5-14)26-20(25)23-10-16-3-17(11-23)9-22(8-16,12-23)13-24/h13-19H,2-12H2,1H3/t14?,15?,16-,17?,18?,19?,21?,22?,23?/m0/s1. The molecule has 26 heavy (non-hydrogen) atoms. The second-order valence-electron chi connectivity index (χ2n) is 11.6. The highest BCUT2D eigenvalue weighted by atomic mass is 16.6. The zero-order chi connectivity index (χ0) is 17.7. The first-order valence-corrected chi connectivity index (χ1v) is 11.1. The molecule has 0 spiro atoms. The van der Waals surface area contributed by atoms with Gasteiger partial charge >= 0.3 is 5.97 Å². The van der Waals surface area contributed by atoms with Gasteiger partial charge in [0.2, 0.25) is 0 Å². The van der Waals surface area contributed by atoms with Crippen molar-refractivity contribution >= 4 is 12.3 Å². The molecule has 0 aromatic heterocycles. The lowest BCUT2D eigenvalue weighted by Crippen LogP contribution is -2.61. The number of carbonyl (C=O) groups excluding carboxylic acids is 2. The molecular weight excluding hydrogens is 324 g/mol. The highest BCUT2D eigenvalue weighted by Crippen LogP contribution is 2.66. The molecule has 0 N–H and O–H groups in total. The van der Waals surface area contributed by atoms with E-state index in [4.69, 9.17) is 4.74 Å². The second-order valence-corrected chi connectivity index (χ2v) is 11.6. The van der Waals surface area contributed by atoms with Gasteiger partial charge in [-0.05, 0) is 113 Å². The Morgan fingerprint density at radius 1 is 0.846 bits per heavy atom. The second kappa shape index (κ2) is 4.94. The Labute approximate surface area is 156 Å². The lowest BCUT2D eigenvalue weighted by atomic mass is 9.44. The molecule has 0 heterocycles. The summed E-state index contributed by atoms with van der Waals surface area (Å²) in [6.07, 6.45) is 13.7. The molecule has 142 valence electrons. The van der Waals surface area contributed by atoms with Crippen LogP contribution in [0.4, 0.5) is 0 Å². The quantitative estimate of drug-likeness (QED) is 0.551. The third-order valence-corrected chi connectivity index (χ3v) is 9.86. The van der Waals surface area contributed by atoms with E-state index in [-0.39, 0.29) is 22.4 Å². The van der Waals surface area contributed by atoms with Gasteiger partial charge in [0, 0.05) is 5.41 Å². The predicted molar refractivity (Wildman–Crippen MR) is 97.2 cm³/mol. The van der Waals surface area contributed by atoms with Crippen molar-refractivity contribution in [2.75, 3.05) is 0 Å². The van der Waals surface area contributed by atoms with Crippen LogP contribution >= 0.6 is 0 Å². The number of hydrogen-bond acceptors (Lipinski definition) is 3. The molecule has 8 fully saturated rings. The van der Waals surface area contributed by atoms with Crippen LogP contribution < -0.4 is 0 Å². The van der Waals surface area contributed by atoms with E-state index in [0.717, 1.165) is 43.9 Å². The summed E-state index contributed by atoms with van der Waals surface area (Å²) >= 11 is 0. The number of rotatable bonds is 3. The van der Waals surface area contributed by atoms with Crippen LogP contribution in [0.15, 0.2) is 0 Å². The third kappa shape index (κ3) is 2.01. The van der Waals surface area contributed by atoms with Gasteiger partial charge in [-0.25, -0.2) is 0 Å².